The lowest BCUT2D eigenvalue weighted by Gasteiger charge is -2.21. The third-order valence-electron chi connectivity index (χ3n) is 3.03. The number of hydrogen-bond donors (Lipinski definition) is 2. The summed E-state index contributed by atoms with van der Waals surface area (Å²) in [5.41, 5.74) is 0. The van der Waals surface area contributed by atoms with Crippen LogP contribution in [0.2, 0.25) is 0 Å². The molecule has 1 heterocycles. The average Bonchev–Trinajstić information content (AvgIpc) is 2.78. The number of carbonyl (C=O) groups is 3. The lowest BCUT2D eigenvalue weighted by molar-refractivity contribution is -0.148. The summed E-state index contributed by atoms with van der Waals surface area (Å²) in [6, 6.07) is -0.679. The fraction of sp³-hybridized carbons (Fsp3) is 0.750. The van der Waals surface area contributed by atoms with Crippen molar-refractivity contribution in [3.63, 3.8) is 0 Å². The molecular formula is C12H20N2O4. The number of nitrogens with one attached hydrogen (secondary N) is 1. The summed E-state index contributed by atoms with van der Waals surface area (Å²) in [7, 11) is 0. The Bertz CT molecular complexity index is 330. The van der Waals surface area contributed by atoms with Gasteiger partial charge in [0.05, 0.1) is 0 Å². The molecule has 1 saturated heterocycles. The Morgan fingerprint density at radius 3 is 2.67 bits per heavy atom. The molecule has 0 spiro atoms. The Morgan fingerprint density at radius 2 is 2.06 bits per heavy atom. The minimum absolute atomic E-state index is 0.0680. The van der Waals surface area contributed by atoms with E-state index in [9.17, 15) is 14.4 Å². The lowest BCUT2D eigenvalue weighted by atomic mass is 10.2. The van der Waals surface area contributed by atoms with Crippen molar-refractivity contribution in [3.8, 4) is 0 Å². The van der Waals surface area contributed by atoms with Gasteiger partial charge in [-0.1, -0.05) is 0 Å². The van der Waals surface area contributed by atoms with E-state index < -0.39 is 12.0 Å². The summed E-state index contributed by atoms with van der Waals surface area (Å²) in [6.45, 7) is 2.93. The Balaban J connectivity index is 2.32. The number of nitrogens with zero attached hydrogens (tertiary/aromatic N) is 1. The zero-order valence-corrected chi connectivity index (χ0v) is 10.6. The third kappa shape index (κ3) is 4.01. The van der Waals surface area contributed by atoms with Crippen LogP contribution >= 0.6 is 0 Å². The topological polar surface area (TPSA) is 86.7 Å². The molecule has 6 nitrogen and oxygen atoms in total. The Hall–Kier alpha value is -1.59. The van der Waals surface area contributed by atoms with Crippen LogP contribution in [0.25, 0.3) is 0 Å². The number of aliphatic carboxylic acids is 1. The van der Waals surface area contributed by atoms with Gasteiger partial charge in [-0.15, -0.1) is 0 Å². The first-order chi connectivity index (χ1) is 8.56. The van der Waals surface area contributed by atoms with Crippen LogP contribution in [0.5, 0.6) is 0 Å². The standard InChI is InChI=1S/C12H20N2O4/c1-2-13-10(15)6-3-7-11(16)14-8-4-5-9(14)12(17)18/h9H,2-8H2,1H3,(H,13,15)(H,17,18)/t9-/m0/s1. The van der Waals surface area contributed by atoms with Crippen LogP contribution in [-0.4, -0.2) is 46.9 Å². The molecule has 1 fully saturated rings. The molecule has 1 aliphatic rings. The van der Waals surface area contributed by atoms with Gasteiger partial charge in [0.2, 0.25) is 11.8 Å². The molecule has 0 radical (unpaired) electrons. The van der Waals surface area contributed by atoms with E-state index in [2.05, 4.69) is 5.32 Å². The first kappa shape index (κ1) is 14.5. The molecule has 0 aromatic carbocycles. The Morgan fingerprint density at radius 1 is 1.33 bits per heavy atom. The molecule has 0 bridgehead atoms. The molecule has 0 saturated carbocycles. The highest BCUT2D eigenvalue weighted by atomic mass is 16.4. The van der Waals surface area contributed by atoms with Crippen molar-refractivity contribution in [2.75, 3.05) is 13.1 Å². The van der Waals surface area contributed by atoms with Gasteiger partial charge in [0.25, 0.3) is 0 Å². The molecule has 1 aliphatic heterocycles. The normalized spacial score (nSPS) is 18.7. The summed E-state index contributed by atoms with van der Waals surface area (Å²) < 4.78 is 0. The number of rotatable bonds is 6. The largest absolute Gasteiger partial charge is 0.480 e. The van der Waals surface area contributed by atoms with Gasteiger partial charge in [-0.2, -0.15) is 0 Å². The minimum atomic E-state index is -0.940. The minimum Gasteiger partial charge on any atom is -0.480 e. The monoisotopic (exact) mass is 256 g/mol. The van der Waals surface area contributed by atoms with E-state index in [4.69, 9.17) is 5.11 Å². The molecule has 102 valence electrons. The molecule has 6 heteroatoms. The maximum Gasteiger partial charge on any atom is 0.326 e. The number of amides is 2. The summed E-state index contributed by atoms with van der Waals surface area (Å²) in [5, 5.41) is 11.6. The van der Waals surface area contributed by atoms with Crippen molar-refractivity contribution in [2.45, 2.75) is 45.1 Å². The highest BCUT2D eigenvalue weighted by Gasteiger charge is 2.33. The van der Waals surface area contributed by atoms with Gasteiger partial charge in [-0.05, 0) is 26.2 Å². The number of carboxylic acid groups (broad SMARTS) is 1. The van der Waals surface area contributed by atoms with Crippen LogP contribution < -0.4 is 5.32 Å². The first-order valence-electron chi connectivity index (χ1n) is 6.35. The quantitative estimate of drug-likeness (QED) is 0.718. The van der Waals surface area contributed by atoms with E-state index in [0.29, 0.717) is 32.4 Å². The summed E-state index contributed by atoms with van der Waals surface area (Å²) >= 11 is 0. The van der Waals surface area contributed by atoms with E-state index in [-0.39, 0.29) is 18.2 Å². The van der Waals surface area contributed by atoms with Crippen molar-refractivity contribution in [2.24, 2.45) is 0 Å². The predicted molar refractivity (Wildman–Crippen MR) is 64.9 cm³/mol. The second kappa shape index (κ2) is 6.98. The van der Waals surface area contributed by atoms with Crippen molar-refractivity contribution in [1.29, 1.82) is 0 Å². The summed E-state index contributed by atoms with van der Waals surface area (Å²) in [6.07, 6.45) is 2.27. The highest BCUT2D eigenvalue weighted by Crippen LogP contribution is 2.19. The SMILES string of the molecule is CCNC(=O)CCCC(=O)N1CCC[C@H]1C(=O)O. The van der Waals surface area contributed by atoms with E-state index in [1.807, 2.05) is 6.92 Å². The van der Waals surface area contributed by atoms with Gasteiger partial charge < -0.3 is 15.3 Å². The van der Waals surface area contributed by atoms with Crippen LogP contribution in [0.15, 0.2) is 0 Å². The average molecular weight is 256 g/mol. The third-order valence-corrected chi connectivity index (χ3v) is 3.03. The van der Waals surface area contributed by atoms with E-state index in [0.717, 1.165) is 6.42 Å². The smallest absolute Gasteiger partial charge is 0.326 e. The van der Waals surface area contributed by atoms with Crippen LogP contribution in [0.3, 0.4) is 0 Å². The van der Waals surface area contributed by atoms with Crippen LogP contribution in [0.4, 0.5) is 0 Å². The molecule has 2 N–H and O–H groups in total. The maximum atomic E-state index is 11.8. The molecule has 2 amide bonds. The molecule has 1 atom stereocenters. The predicted octanol–water partition coefficient (Wildman–Crippen LogP) is 0.368. The molecular weight excluding hydrogens is 236 g/mol. The fourth-order valence-electron chi connectivity index (χ4n) is 2.15. The van der Waals surface area contributed by atoms with Gasteiger partial charge in [0.1, 0.15) is 6.04 Å². The van der Waals surface area contributed by atoms with Gasteiger partial charge in [-0.25, -0.2) is 4.79 Å². The summed E-state index contributed by atoms with van der Waals surface area (Å²) in [5.74, 6) is -1.17. The van der Waals surface area contributed by atoms with Crippen molar-refractivity contribution in [1.82, 2.24) is 10.2 Å². The second-order valence-electron chi connectivity index (χ2n) is 4.39. The molecule has 1 rings (SSSR count). The first-order valence-corrected chi connectivity index (χ1v) is 6.35. The van der Waals surface area contributed by atoms with E-state index in [1.165, 1.54) is 4.90 Å². The Labute approximate surface area is 106 Å². The van der Waals surface area contributed by atoms with Gasteiger partial charge in [0, 0.05) is 25.9 Å². The zero-order valence-electron chi connectivity index (χ0n) is 10.6. The fourth-order valence-corrected chi connectivity index (χ4v) is 2.15. The second-order valence-corrected chi connectivity index (χ2v) is 4.39. The number of likely N-dealkylation sites (tertiary alicyclic amines) is 1. The van der Waals surface area contributed by atoms with Crippen LogP contribution in [0, 0.1) is 0 Å². The molecule has 0 aromatic rings. The highest BCUT2D eigenvalue weighted by molar-refractivity contribution is 5.84. The number of carboxylic acids is 1. The van der Waals surface area contributed by atoms with Crippen molar-refractivity contribution < 1.29 is 19.5 Å². The maximum absolute atomic E-state index is 11.8. The van der Waals surface area contributed by atoms with Crippen molar-refractivity contribution >= 4 is 17.8 Å². The number of hydrogen-bond acceptors (Lipinski definition) is 3. The number of carbonyl (C=O) groups excluding carboxylic acids is 2. The molecule has 0 aliphatic carbocycles. The van der Waals surface area contributed by atoms with Gasteiger partial charge in [-0.3, -0.25) is 9.59 Å². The van der Waals surface area contributed by atoms with Gasteiger partial charge in [0.15, 0.2) is 0 Å². The van der Waals surface area contributed by atoms with Gasteiger partial charge >= 0.3 is 5.97 Å². The van der Waals surface area contributed by atoms with Crippen molar-refractivity contribution in [3.05, 3.63) is 0 Å². The van der Waals surface area contributed by atoms with E-state index >= 15 is 0 Å². The molecule has 18 heavy (non-hydrogen) atoms. The molecule has 0 unspecified atom stereocenters. The zero-order chi connectivity index (χ0) is 13.5. The van der Waals surface area contributed by atoms with Crippen LogP contribution in [-0.2, 0) is 14.4 Å². The van der Waals surface area contributed by atoms with E-state index in [1.54, 1.807) is 0 Å². The van der Waals surface area contributed by atoms with Crippen LogP contribution in [0.1, 0.15) is 39.0 Å². The summed E-state index contributed by atoms with van der Waals surface area (Å²) in [4.78, 5) is 35.4. The lowest BCUT2D eigenvalue weighted by Crippen LogP contribution is -2.40. The Kier molecular flexibility index (Phi) is 5.61. The molecule has 0 aromatic heterocycles.